The lowest BCUT2D eigenvalue weighted by atomic mass is 9.75. The standard InChI is InChI=1S/C18H16N2O6/c21-17-7-5-11(19(23)24)9-15(17)13-3-1-2-4-14(13)16-10-12(20(25)26)6-8-18(16)22/h1,3,5-10,13-14,21-22H,2,4H2/t13-,14-/m1/s1. The number of nitrogens with zero attached hydrogens (tertiary/aromatic N) is 2. The lowest BCUT2D eigenvalue weighted by molar-refractivity contribution is -0.385. The molecule has 2 N–H and O–H groups in total. The number of nitro benzene ring substituents is 2. The van der Waals surface area contributed by atoms with Crippen molar-refractivity contribution < 1.29 is 20.1 Å². The Morgan fingerprint density at radius 2 is 1.42 bits per heavy atom. The number of phenols is 2. The summed E-state index contributed by atoms with van der Waals surface area (Å²) in [6, 6.07) is 7.59. The summed E-state index contributed by atoms with van der Waals surface area (Å²) in [4.78, 5) is 21.0. The van der Waals surface area contributed by atoms with E-state index in [0.29, 0.717) is 24.0 Å². The molecule has 0 amide bonds. The Labute approximate surface area is 148 Å². The molecule has 3 rings (SSSR count). The molecule has 26 heavy (non-hydrogen) atoms. The molecule has 0 saturated carbocycles. The van der Waals surface area contributed by atoms with Crippen molar-refractivity contribution in [2.45, 2.75) is 24.7 Å². The molecule has 0 aromatic heterocycles. The van der Waals surface area contributed by atoms with Gasteiger partial charge in [0.1, 0.15) is 11.5 Å². The molecule has 0 fully saturated rings. The quantitative estimate of drug-likeness (QED) is 0.482. The van der Waals surface area contributed by atoms with Crippen LogP contribution in [0.2, 0.25) is 0 Å². The molecule has 0 radical (unpaired) electrons. The van der Waals surface area contributed by atoms with Crippen LogP contribution in [0.25, 0.3) is 0 Å². The number of phenolic OH excluding ortho intramolecular Hbond substituents is 2. The predicted octanol–water partition coefficient (Wildman–Crippen LogP) is 4.13. The van der Waals surface area contributed by atoms with Crippen molar-refractivity contribution in [1.29, 1.82) is 0 Å². The van der Waals surface area contributed by atoms with E-state index in [0.717, 1.165) is 0 Å². The monoisotopic (exact) mass is 356 g/mol. The van der Waals surface area contributed by atoms with Gasteiger partial charge in [-0.1, -0.05) is 12.2 Å². The van der Waals surface area contributed by atoms with Gasteiger partial charge in [0.2, 0.25) is 0 Å². The van der Waals surface area contributed by atoms with Gasteiger partial charge in [-0.05, 0) is 30.9 Å². The van der Waals surface area contributed by atoms with Gasteiger partial charge in [-0.3, -0.25) is 20.2 Å². The maximum Gasteiger partial charge on any atom is 0.269 e. The van der Waals surface area contributed by atoms with Crippen LogP contribution >= 0.6 is 0 Å². The zero-order valence-electron chi connectivity index (χ0n) is 13.6. The maximum atomic E-state index is 11.1. The number of hydrogen-bond acceptors (Lipinski definition) is 6. The van der Waals surface area contributed by atoms with Gasteiger partial charge in [-0.15, -0.1) is 0 Å². The number of nitro groups is 2. The van der Waals surface area contributed by atoms with E-state index in [1.807, 2.05) is 12.2 Å². The van der Waals surface area contributed by atoms with Crippen molar-refractivity contribution in [1.82, 2.24) is 0 Å². The Kier molecular flexibility index (Phi) is 4.57. The van der Waals surface area contributed by atoms with Crippen molar-refractivity contribution in [2.24, 2.45) is 0 Å². The second-order valence-electron chi connectivity index (χ2n) is 6.14. The summed E-state index contributed by atoms with van der Waals surface area (Å²) in [6.07, 6.45) is 4.98. The first kappa shape index (κ1) is 17.4. The molecule has 2 aromatic carbocycles. The van der Waals surface area contributed by atoms with Gasteiger partial charge in [0.05, 0.1) is 9.85 Å². The molecule has 8 nitrogen and oxygen atoms in total. The molecule has 0 bridgehead atoms. The highest BCUT2D eigenvalue weighted by Gasteiger charge is 2.31. The van der Waals surface area contributed by atoms with Gasteiger partial charge in [0, 0.05) is 41.3 Å². The largest absolute Gasteiger partial charge is 0.508 e. The molecule has 0 saturated heterocycles. The van der Waals surface area contributed by atoms with Crippen LogP contribution < -0.4 is 0 Å². The molecule has 0 heterocycles. The van der Waals surface area contributed by atoms with Gasteiger partial charge < -0.3 is 10.2 Å². The number of aromatic hydroxyl groups is 2. The minimum atomic E-state index is -0.546. The molecular weight excluding hydrogens is 340 g/mol. The van der Waals surface area contributed by atoms with Crippen LogP contribution in [0.4, 0.5) is 11.4 Å². The maximum absolute atomic E-state index is 11.1. The molecule has 2 aromatic rings. The average Bonchev–Trinajstić information content (AvgIpc) is 2.62. The smallest absolute Gasteiger partial charge is 0.269 e. The van der Waals surface area contributed by atoms with E-state index in [4.69, 9.17) is 0 Å². The summed E-state index contributed by atoms with van der Waals surface area (Å²) >= 11 is 0. The van der Waals surface area contributed by atoms with Crippen molar-refractivity contribution in [3.05, 3.63) is 79.9 Å². The lowest BCUT2D eigenvalue weighted by Crippen LogP contribution is -2.13. The fourth-order valence-electron chi connectivity index (χ4n) is 3.38. The average molecular weight is 356 g/mol. The third-order valence-electron chi connectivity index (χ3n) is 4.62. The van der Waals surface area contributed by atoms with Crippen LogP contribution in [0.3, 0.4) is 0 Å². The van der Waals surface area contributed by atoms with Crippen LogP contribution in [-0.4, -0.2) is 20.1 Å². The van der Waals surface area contributed by atoms with Crippen LogP contribution in [0.15, 0.2) is 48.6 Å². The van der Waals surface area contributed by atoms with E-state index < -0.39 is 15.8 Å². The predicted molar refractivity (Wildman–Crippen MR) is 93.4 cm³/mol. The first-order valence-electron chi connectivity index (χ1n) is 7.99. The van der Waals surface area contributed by atoms with Crippen molar-refractivity contribution >= 4 is 11.4 Å². The molecule has 8 heteroatoms. The highest BCUT2D eigenvalue weighted by Crippen LogP contribution is 2.47. The Morgan fingerprint density at radius 1 is 0.885 bits per heavy atom. The Hall–Kier alpha value is -3.42. The van der Waals surface area contributed by atoms with Crippen molar-refractivity contribution in [2.75, 3.05) is 0 Å². The van der Waals surface area contributed by atoms with E-state index >= 15 is 0 Å². The van der Waals surface area contributed by atoms with E-state index in [1.54, 1.807) is 0 Å². The summed E-state index contributed by atoms with van der Waals surface area (Å²) in [5, 5.41) is 42.6. The van der Waals surface area contributed by atoms with Crippen LogP contribution in [0.5, 0.6) is 11.5 Å². The third kappa shape index (κ3) is 3.21. The van der Waals surface area contributed by atoms with E-state index in [2.05, 4.69) is 0 Å². The fourth-order valence-corrected chi connectivity index (χ4v) is 3.38. The second kappa shape index (κ2) is 6.83. The SMILES string of the molecule is O=[N+]([O-])c1ccc(O)c([C@@H]2C=CCC[C@H]2c2cc([N+](=O)[O-])ccc2O)c1. The molecule has 134 valence electrons. The summed E-state index contributed by atoms with van der Waals surface area (Å²) in [6.45, 7) is 0. The summed E-state index contributed by atoms with van der Waals surface area (Å²) in [5.74, 6) is -0.975. The Balaban J connectivity index is 2.10. The number of benzene rings is 2. The van der Waals surface area contributed by atoms with E-state index in [9.17, 15) is 30.4 Å². The topological polar surface area (TPSA) is 127 Å². The minimum Gasteiger partial charge on any atom is -0.508 e. The molecular formula is C18H16N2O6. The van der Waals surface area contributed by atoms with Gasteiger partial charge in [0.15, 0.2) is 0 Å². The summed E-state index contributed by atoms with van der Waals surface area (Å²) in [7, 11) is 0. The highest BCUT2D eigenvalue weighted by atomic mass is 16.6. The number of hydrogen-bond donors (Lipinski definition) is 2. The Bertz CT molecular complexity index is 909. The summed E-state index contributed by atoms with van der Waals surface area (Å²) in [5.41, 5.74) is 0.443. The number of rotatable bonds is 4. The second-order valence-corrected chi connectivity index (χ2v) is 6.14. The minimum absolute atomic E-state index is 0.0779. The molecule has 0 aliphatic heterocycles. The van der Waals surface area contributed by atoms with Crippen molar-refractivity contribution in [3.8, 4) is 11.5 Å². The number of non-ortho nitro benzene ring substituents is 2. The zero-order valence-corrected chi connectivity index (χ0v) is 13.6. The third-order valence-corrected chi connectivity index (χ3v) is 4.62. The normalized spacial score (nSPS) is 19.2. The molecule has 0 spiro atoms. The molecule has 2 atom stereocenters. The van der Waals surface area contributed by atoms with Gasteiger partial charge in [-0.25, -0.2) is 0 Å². The highest BCUT2D eigenvalue weighted by molar-refractivity contribution is 5.51. The lowest BCUT2D eigenvalue weighted by Gasteiger charge is -2.29. The van der Waals surface area contributed by atoms with Crippen LogP contribution in [0, 0.1) is 20.2 Å². The number of allylic oxidation sites excluding steroid dienone is 2. The summed E-state index contributed by atoms with van der Waals surface area (Å²) < 4.78 is 0. The first-order chi connectivity index (χ1) is 12.4. The fraction of sp³-hybridized carbons (Fsp3) is 0.222. The molecule has 1 aliphatic rings. The first-order valence-corrected chi connectivity index (χ1v) is 7.99. The van der Waals surface area contributed by atoms with Crippen LogP contribution in [-0.2, 0) is 0 Å². The van der Waals surface area contributed by atoms with Gasteiger partial charge in [-0.2, -0.15) is 0 Å². The Morgan fingerprint density at radius 3 is 2.00 bits per heavy atom. The van der Waals surface area contributed by atoms with E-state index in [1.165, 1.54) is 36.4 Å². The van der Waals surface area contributed by atoms with Crippen LogP contribution in [0.1, 0.15) is 35.8 Å². The van der Waals surface area contributed by atoms with E-state index in [-0.39, 0.29) is 28.8 Å². The molecule has 1 aliphatic carbocycles. The van der Waals surface area contributed by atoms with Gasteiger partial charge in [0.25, 0.3) is 11.4 Å². The van der Waals surface area contributed by atoms with Gasteiger partial charge >= 0.3 is 0 Å². The zero-order chi connectivity index (χ0) is 18.8. The van der Waals surface area contributed by atoms with Crippen molar-refractivity contribution in [3.63, 3.8) is 0 Å². The molecule has 0 unspecified atom stereocenters.